The minimum absolute atomic E-state index is 0.866. The SMILES string of the molecule is c1ccc(-c2ccccc2-c2ccc(N(c3cccc(-c4oc5ccccc5c4-c4ccccc4)c3)c3ccc4ccccc4c3)cc2)cc1. The first kappa shape index (κ1) is 29.5. The van der Waals surface area contributed by atoms with Crippen molar-refractivity contribution in [2.24, 2.45) is 0 Å². The molecule has 8 aromatic carbocycles. The van der Waals surface area contributed by atoms with Crippen LogP contribution in [0.25, 0.3) is 66.4 Å². The van der Waals surface area contributed by atoms with Gasteiger partial charge < -0.3 is 9.32 Å². The van der Waals surface area contributed by atoms with Crippen LogP contribution in [-0.4, -0.2) is 0 Å². The molecule has 0 radical (unpaired) electrons. The topological polar surface area (TPSA) is 16.4 Å². The molecule has 0 fully saturated rings. The van der Waals surface area contributed by atoms with Crippen LogP contribution in [-0.2, 0) is 0 Å². The number of hydrogen-bond donors (Lipinski definition) is 0. The van der Waals surface area contributed by atoms with E-state index in [1.165, 1.54) is 33.0 Å². The van der Waals surface area contributed by atoms with Crippen molar-refractivity contribution < 1.29 is 4.42 Å². The number of anilines is 3. The monoisotopic (exact) mass is 639 g/mol. The van der Waals surface area contributed by atoms with E-state index in [4.69, 9.17) is 4.42 Å². The van der Waals surface area contributed by atoms with Crippen molar-refractivity contribution in [3.05, 3.63) is 200 Å². The molecule has 0 spiro atoms. The Morgan fingerprint density at radius 2 is 0.900 bits per heavy atom. The van der Waals surface area contributed by atoms with E-state index in [1.807, 2.05) is 12.1 Å². The largest absolute Gasteiger partial charge is 0.455 e. The molecule has 0 unspecified atom stereocenters. The summed E-state index contributed by atoms with van der Waals surface area (Å²) in [7, 11) is 0. The van der Waals surface area contributed by atoms with Crippen molar-refractivity contribution in [1.29, 1.82) is 0 Å². The molecule has 0 aliphatic heterocycles. The van der Waals surface area contributed by atoms with Gasteiger partial charge in [0.15, 0.2) is 0 Å². The van der Waals surface area contributed by atoms with E-state index in [2.05, 4.69) is 193 Å². The highest BCUT2D eigenvalue weighted by atomic mass is 16.3. The number of furan rings is 1. The van der Waals surface area contributed by atoms with Crippen LogP contribution in [0, 0.1) is 0 Å². The third-order valence-corrected chi connectivity index (χ3v) is 9.46. The molecule has 2 nitrogen and oxygen atoms in total. The first-order valence-corrected chi connectivity index (χ1v) is 17.0. The second-order valence-electron chi connectivity index (χ2n) is 12.5. The average Bonchev–Trinajstić information content (AvgIpc) is 3.59. The first-order chi connectivity index (χ1) is 24.8. The molecule has 1 heterocycles. The zero-order valence-corrected chi connectivity index (χ0v) is 27.4. The van der Waals surface area contributed by atoms with Gasteiger partial charge >= 0.3 is 0 Å². The molecule has 0 atom stereocenters. The van der Waals surface area contributed by atoms with Crippen LogP contribution in [0.3, 0.4) is 0 Å². The lowest BCUT2D eigenvalue weighted by Crippen LogP contribution is -2.10. The van der Waals surface area contributed by atoms with Gasteiger partial charge in [0.2, 0.25) is 0 Å². The van der Waals surface area contributed by atoms with Crippen molar-refractivity contribution in [3.8, 4) is 44.7 Å². The summed E-state index contributed by atoms with van der Waals surface area (Å²) in [5.74, 6) is 0.866. The minimum atomic E-state index is 0.866. The molecule has 2 heteroatoms. The fraction of sp³-hybridized carbons (Fsp3) is 0. The highest BCUT2D eigenvalue weighted by Gasteiger charge is 2.20. The minimum Gasteiger partial charge on any atom is -0.455 e. The number of nitrogens with zero attached hydrogens (tertiary/aromatic N) is 1. The summed E-state index contributed by atoms with van der Waals surface area (Å²) in [6.45, 7) is 0. The standard InChI is InChI=1S/C48H33NO/c1-3-15-35(16-4-1)43-22-9-10-23-44(43)36-27-29-40(30-28-36)49(42-31-26-34-14-7-8-19-38(34)32-42)41-21-13-20-39(33-41)48-47(37-17-5-2-6-18-37)45-24-11-12-25-46(45)50-48/h1-33H. The Kier molecular flexibility index (Phi) is 7.53. The Balaban J connectivity index is 1.19. The molecule has 50 heavy (non-hydrogen) atoms. The van der Waals surface area contributed by atoms with Gasteiger partial charge in [-0.1, -0.05) is 158 Å². The van der Waals surface area contributed by atoms with Gasteiger partial charge in [-0.05, 0) is 81.1 Å². The highest BCUT2D eigenvalue weighted by Crippen LogP contribution is 2.44. The smallest absolute Gasteiger partial charge is 0.143 e. The number of para-hydroxylation sites is 1. The van der Waals surface area contributed by atoms with Crippen LogP contribution in [0.15, 0.2) is 205 Å². The molecule has 0 amide bonds. The van der Waals surface area contributed by atoms with Crippen LogP contribution in [0.5, 0.6) is 0 Å². The van der Waals surface area contributed by atoms with Crippen molar-refractivity contribution in [1.82, 2.24) is 0 Å². The van der Waals surface area contributed by atoms with Crippen molar-refractivity contribution in [3.63, 3.8) is 0 Å². The van der Waals surface area contributed by atoms with E-state index in [-0.39, 0.29) is 0 Å². The maximum atomic E-state index is 6.64. The van der Waals surface area contributed by atoms with Gasteiger partial charge in [-0.2, -0.15) is 0 Å². The summed E-state index contributed by atoms with van der Waals surface area (Å²) in [6, 6.07) is 71.0. The van der Waals surface area contributed by atoms with Crippen molar-refractivity contribution >= 4 is 38.8 Å². The highest BCUT2D eigenvalue weighted by molar-refractivity contribution is 6.02. The lowest BCUT2D eigenvalue weighted by molar-refractivity contribution is 0.632. The molecule has 0 aliphatic rings. The van der Waals surface area contributed by atoms with Gasteiger partial charge in [-0.3, -0.25) is 0 Å². The molecule has 9 aromatic rings. The molecule has 0 saturated heterocycles. The number of benzene rings is 8. The molecule has 0 aliphatic carbocycles. The zero-order chi connectivity index (χ0) is 33.3. The maximum absolute atomic E-state index is 6.64. The zero-order valence-electron chi connectivity index (χ0n) is 27.4. The van der Waals surface area contributed by atoms with Crippen LogP contribution < -0.4 is 4.90 Å². The Labute approximate surface area is 292 Å². The van der Waals surface area contributed by atoms with E-state index in [1.54, 1.807) is 0 Å². The van der Waals surface area contributed by atoms with Crippen LogP contribution >= 0.6 is 0 Å². The Morgan fingerprint density at radius 3 is 1.66 bits per heavy atom. The summed E-state index contributed by atoms with van der Waals surface area (Å²) in [5, 5.41) is 3.52. The lowest BCUT2D eigenvalue weighted by atomic mass is 9.94. The van der Waals surface area contributed by atoms with E-state index in [0.29, 0.717) is 0 Å². The molecule has 236 valence electrons. The maximum Gasteiger partial charge on any atom is 0.143 e. The number of rotatable bonds is 7. The summed E-state index contributed by atoms with van der Waals surface area (Å²) in [6.07, 6.45) is 0. The van der Waals surface area contributed by atoms with E-state index in [9.17, 15) is 0 Å². The lowest BCUT2D eigenvalue weighted by Gasteiger charge is -2.26. The van der Waals surface area contributed by atoms with E-state index < -0.39 is 0 Å². The predicted octanol–water partition coefficient (Wildman–Crippen LogP) is 13.7. The molecule has 1 aromatic heterocycles. The second kappa shape index (κ2) is 12.8. The van der Waals surface area contributed by atoms with Crippen LogP contribution in [0.2, 0.25) is 0 Å². The van der Waals surface area contributed by atoms with Gasteiger partial charge in [0.25, 0.3) is 0 Å². The van der Waals surface area contributed by atoms with Gasteiger partial charge in [0, 0.05) is 33.6 Å². The number of hydrogen-bond acceptors (Lipinski definition) is 2. The van der Waals surface area contributed by atoms with Crippen molar-refractivity contribution in [2.45, 2.75) is 0 Å². The Bertz CT molecular complexity index is 2580. The Hall–Kier alpha value is -6.64. The molecule has 0 N–H and O–H groups in total. The predicted molar refractivity (Wildman–Crippen MR) is 210 cm³/mol. The molecular formula is C48H33NO. The molecule has 9 rings (SSSR count). The second-order valence-corrected chi connectivity index (χ2v) is 12.5. The van der Waals surface area contributed by atoms with Gasteiger partial charge in [0.05, 0.1) is 0 Å². The summed E-state index contributed by atoms with van der Waals surface area (Å²) in [5.41, 5.74) is 12.2. The van der Waals surface area contributed by atoms with Gasteiger partial charge in [-0.25, -0.2) is 0 Å². The number of fused-ring (bicyclic) bond motifs is 2. The third-order valence-electron chi connectivity index (χ3n) is 9.46. The molecular weight excluding hydrogens is 607 g/mol. The quantitative estimate of drug-likeness (QED) is 0.173. The van der Waals surface area contributed by atoms with Gasteiger partial charge in [-0.15, -0.1) is 0 Å². The fourth-order valence-electron chi connectivity index (χ4n) is 7.08. The fourth-order valence-corrected chi connectivity index (χ4v) is 7.08. The summed E-state index contributed by atoms with van der Waals surface area (Å²) < 4.78 is 6.64. The average molecular weight is 640 g/mol. The van der Waals surface area contributed by atoms with Gasteiger partial charge in [0.1, 0.15) is 11.3 Å². The molecule has 0 bridgehead atoms. The molecule has 0 saturated carbocycles. The first-order valence-electron chi connectivity index (χ1n) is 17.0. The summed E-state index contributed by atoms with van der Waals surface area (Å²) >= 11 is 0. The summed E-state index contributed by atoms with van der Waals surface area (Å²) in [4.78, 5) is 2.34. The van der Waals surface area contributed by atoms with Crippen molar-refractivity contribution in [2.75, 3.05) is 4.90 Å². The normalized spacial score (nSPS) is 11.2. The Morgan fingerprint density at radius 1 is 0.340 bits per heavy atom. The van der Waals surface area contributed by atoms with Crippen LogP contribution in [0.4, 0.5) is 17.1 Å². The van der Waals surface area contributed by atoms with E-state index >= 15 is 0 Å². The van der Waals surface area contributed by atoms with E-state index in [0.717, 1.165) is 50.5 Å². The van der Waals surface area contributed by atoms with Crippen LogP contribution in [0.1, 0.15) is 0 Å². The third kappa shape index (κ3) is 5.43.